The zero-order valence-electron chi connectivity index (χ0n) is 17.8. The lowest BCUT2D eigenvalue weighted by molar-refractivity contribution is -0.139. The second-order valence-corrected chi connectivity index (χ2v) is 9.25. The van der Waals surface area contributed by atoms with Gasteiger partial charge in [-0.05, 0) is 30.7 Å². The highest BCUT2D eigenvalue weighted by molar-refractivity contribution is 7.89. The van der Waals surface area contributed by atoms with E-state index in [1.165, 1.54) is 4.90 Å². The average molecular weight is 466 g/mol. The van der Waals surface area contributed by atoms with Crippen molar-refractivity contribution in [2.75, 3.05) is 43.4 Å². The predicted molar refractivity (Wildman–Crippen MR) is 116 cm³/mol. The number of hydrogen-bond donors (Lipinski definition) is 3. The third-order valence-corrected chi connectivity index (χ3v) is 6.37. The van der Waals surface area contributed by atoms with Crippen LogP contribution in [0.5, 0.6) is 0 Å². The predicted octanol–water partition coefficient (Wildman–Crippen LogP) is -0.504. The van der Waals surface area contributed by atoms with Crippen molar-refractivity contribution in [3.8, 4) is 6.07 Å². The summed E-state index contributed by atoms with van der Waals surface area (Å²) in [6.07, 6.45) is 1.03. The molecule has 32 heavy (non-hydrogen) atoms. The number of nitrogens with one attached hydrogen (secondary N) is 2. The molecule has 3 N–H and O–H groups in total. The fourth-order valence-electron chi connectivity index (χ4n) is 3.08. The normalized spacial score (nSPS) is 15.2. The van der Waals surface area contributed by atoms with Crippen LogP contribution in [0.1, 0.15) is 25.3 Å². The highest BCUT2D eigenvalue weighted by atomic mass is 32.2. The molecule has 1 aromatic rings. The molecule has 1 heterocycles. The minimum atomic E-state index is -3.78. The molecule has 0 radical (unpaired) electrons. The highest BCUT2D eigenvalue weighted by Crippen LogP contribution is 2.17. The number of hydrogen-bond acceptors (Lipinski definition) is 7. The number of aliphatic carboxylic acids is 1. The van der Waals surface area contributed by atoms with Crippen molar-refractivity contribution >= 4 is 33.5 Å². The van der Waals surface area contributed by atoms with E-state index in [0.717, 1.165) is 5.69 Å². The minimum Gasteiger partial charge on any atom is -0.480 e. The molecule has 11 nitrogen and oxygen atoms in total. The lowest BCUT2D eigenvalue weighted by atomic mass is 10.2. The molecule has 1 fully saturated rings. The van der Waals surface area contributed by atoms with E-state index in [4.69, 9.17) is 5.26 Å². The Kier molecular flexibility index (Phi) is 8.98. The molecule has 0 spiro atoms. The number of unbranched alkanes of at least 4 members (excludes halogenated alkanes) is 1. The van der Waals surface area contributed by atoms with Crippen molar-refractivity contribution in [1.82, 2.24) is 14.9 Å². The SMILES string of the molecule is CCCCS(=O)(=O)NC(CNC(=O)CN1CCN(c2ccc(C#N)cc2)CC1=O)C(=O)O. The molecular formula is C20H27N5O6S. The van der Waals surface area contributed by atoms with Gasteiger partial charge in [0.2, 0.25) is 21.8 Å². The first-order valence-electron chi connectivity index (χ1n) is 10.2. The number of carboxylic acids is 1. The first kappa shape index (κ1) is 25.1. The number of piperazine rings is 1. The summed E-state index contributed by atoms with van der Waals surface area (Å²) in [4.78, 5) is 39.2. The van der Waals surface area contributed by atoms with Crippen molar-refractivity contribution in [2.24, 2.45) is 0 Å². The molecule has 12 heteroatoms. The zero-order chi connectivity index (χ0) is 23.7. The van der Waals surface area contributed by atoms with Crippen LogP contribution in [0.2, 0.25) is 0 Å². The number of carbonyl (C=O) groups excluding carboxylic acids is 2. The molecule has 0 saturated carbocycles. The third-order valence-electron chi connectivity index (χ3n) is 4.90. The number of anilines is 1. The van der Waals surface area contributed by atoms with Gasteiger partial charge < -0.3 is 20.2 Å². The van der Waals surface area contributed by atoms with Gasteiger partial charge in [-0.15, -0.1) is 0 Å². The Bertz CT molecular complexity index is 973. The molecule has 1 aliphatic rings. The molecule has 0 aromatic heterocycles. The van der Waals surface area contributed by atoms with Gasteiger partial charge in [-0.1, -0.05) is 13.3 Å². The van der Waals surface area contributed by atoms with Crippen molar-refractivity contribution in [2.45, 2.75) is 25.8 Å². The van der Waals surface area contributed by atoms with E-state index in [2.05, 4.69) is 10.0 Å². The lowest BCUT2D eigenvalue weighted by Crippen LogP contribution is -2.54. The van der Waals surface area contributed by atoms with Gasteiger partial charge in [0.1, 0.15) is 6.04 Å². The summed E-state index contributed by atoms with van der Waals surface area (Å²) in [5.74, 6) is -2.45. The van der Waals surface area contributed by atoms with Crippen molar-refractivity contribution in [1.29, 1.82) is 5.26 Å². The Morgan fingerprint density at radius 3 is 2.50 bits per heavy atom. The minimum absolute atomic E-state index is 0.0636. The number of benzene rings is 1. The van der Waals surface area contributed by atoms with Crippen LogP contribution in [0, 0.1) is 11.3 Å². The van der Waals surface area contributed by atoms with Gasteiger partial charge in [-0.3, -0.25) is 14.4 Å². The van der Waals surface area contributed by atoms with Gasteiger partial charge in [0.05, 0.1) is 30.5 Å². The maximum atomic E-state index is 12.4. The monoisotopic (exact) mass is 465 g/mol. The van der Waals surface area contributed by atoms with Crippen molar-refractivity contribution in [3.05, 3.63) is 29.8 Å². The second-order valence-electron chi connectivity index (χ2n) is 7.38. The first-order chi connectivity index (χ1) is 15.1. The molecule has 0 aliphatic carbocycles. The molecule has 2 rings (SSSR count). The Labute approximate surface area is 187 Å². The fraction of sp³-hybridized carbons (Fsp3) is 0.500. The molecule has 1 saturated heterocycles. The van der Waals surface area contributed by atoms with E-state index in [0.29, 0.717) is 24.9 Å². The van der Waals surface area contributed by atoms with E-state index in [-0.39, 0.29) is 31.3 Å². The topological polar surface area (TPSA) is 160 Å². The summed E-state index contributed by atoms with van der Waals surface area (Å²) in [5.41, 5.74) is 1.31. The van der Waals surface area contributed by atoms with E-state index in [1.54, 1.807) is 24.3 Å². The van der Waals surface area contributed by atoms with Crippen LogP contribution >= 0.6 is 0 Å². The van der Waals surface area contributed by atoms with Crippen LogP contribution in [0.15, 0.2) is 24.3 Å². The summed E-state index contributed by atoms with van der Waals surface area (Å²) < 4.78 is 25.9. The number of nitrogens with zero attached hydrogens (tertiary/aromatic N) is 3. The van der Waals surface area contributed by atoms with Crippen LogP contribution in [-0.4, -0.2) is 80.7 Å². The number of rotatable bonds is 11. The van der Waals surface area contributed by atoms with Gasteiger partial charge >= 0.3 is 5.97 Å². The molecular weight excluding hydrogens is 438 g/mol. The summed E-state index contributed by atoms with van der Waals surface area (Å²) in [5, 5.41) is 20.5. The quantitative estimate of drug-likeness (QED) is 0.394. The number of carbonyl (C=O) groups is 3. The fourth-order valence-corrected chi connectivity index (χ4v) is 4.48. The third kappa shape index (κ3) is 7.51. The van der Waals surface area contributed by atoms with Crippen LogP contribution in [-0.2, 0) is 24.4 Å². The van der Waals surface area contributed by atoms with E-state index in [9.17, 15) is 27.9 Å². The largest absolute Gasteiger partial charge is 0.480 e. The van der Waals surface area contributed by atoms with Crippen LogP contribution in [0.25, 0.3) is 0 Å². The first-order valence-corrected chi connectivity index (χ1v) is 11.8. The molecule has 1 atom stereocenters. The summed E-state index contributed by atoms with van der Waals surface area (Å²) in [6.45, 7) is 1.97. The van der Waals surface area contributed by atoms with E-state index >= 15 is 0 Å². The molecule has 1 unspecified atom stereocenters. The van der Waals surface area contributed by atoms with Crippen molar-refractivity contribution < 1.29 is 27.9 Å². The standard InChI is InChI=1S/C20H27N5O6S/c1-2-3-10-32(30,31)23-17(20(28)29)12-22-18(26)13-25-9-8-24(14-19(25)27)16-6-4-15(11-21)5-7-16/h4-7,17,23H,2-3,8-10,12-14H2,1H3,(H,22,26)(H,28,29). The van der Waals surface area contributed by atoms with Gasteiger partial charge in [-0.25, -0.2) is 8.42 Å². The summed E-state index contributed by atoms with van der Waals surface area (Å²) in [7, 11) is -3.78. The van der Waals surface area contributed by atoms with Crippen LogP contribution < -0.4 is 14.9 Å². The Balaban J connectivity index is 1.85. The van der Waals surface area contributed by atoms with Gasteiger partial charge in [0.25, 0.3) is 0 Å². The van der Waals surface area contributed by atoms with Crippen LogP contribution in [0.3, 0.4) is 0 Å². The van der Waals surface area contributed by atoms with Crippen molar-refractivity contribution in [3.63, 3.8) is 0 Å². The maximum Gasteiger partial charge on any atom is 0.323 e. The van der Waals surface area contributed by atoms with Gasteiger partial charge in [-0.2, -0.15) is 9.98 Å². The molecule has 2 amide bonds. The number of nitriles is 1. The van der Waals surface area contributed by atoms with Gasteiger partial charge in [0.15, 0.2) is 0 Å². The highest BCUT2D eigenvalue weighted by Gasteiger charge is 2.27. The zero-order valence-corrected chi connectivity index (χ0v) is 18.6. The van der Waals surface area contributed by atoms with E-state index in [1.807, 2.05) is 17.9 Å². The summed E-state index contributed by atoms with van der Waals surface area (Å²) >= 11 is 0. The number of amides is 2. The Morgan fingerprint density at radius 2 is 1.94 bits per heavy atom. The number of carboxylic acid groups (broad SMARTS) is 1. The molecule has 1 aromatic carbocycles. The smallest absolute Gasteiger partial charge is 0.323 e. The van der Waals surface area contributed by atoms with Crippen LogP contribution in [0.4, 0.5) is 5.69 Å². The molecule has 0 bridgehead atoms. The molecule has 174 valence electrons. The second kappa shape index (κ2) is 11.4. The Hall–Kier alpha value is -3.17. The molecule has 1 aliphatic heterocycles. The van der Waals surface area contributed by atoms with E-state index < -0.39 is 34.5 Å². The maximum absolute atomic E-state index is 12.4. The average Bonchev–Trinajstić information content (AvgIpc) is 2.76. The Morgan fingerprint density at radius 1 is 1.25 bits per heavy atom. The lowest BCUT2D eigenvalue weighted by Gasteiger charge is -2.35. The summed E-state index contributed by atoms with van der Waals surface area (Å²) in [6, 6.07) is 7.36. The number of sulfonamides is 1. The van der Waals surface area contributed by atoms with Gasteiger partial charge in [0, 0.05) is 25.3 Å².